The van der Waals surface area contributed by atoms with E-state index in [1.807, 2.05) is 56.3 Å². The highest BCUT2D eigenvalue weighted by Crippen LogP contribution is 2.22. The summed E-state index contributed by atoms with van der Waals surface area (Å²) in [6, 6.07) is 14.2. The molecule has 0 N–H and O–H groups in total. The number of fused-ring (bicyclic) bond motifs is 1. The van der Waals surface area contributed by atoms with Gasteiger partial charge in [-0.1, -0.05) is 48.0 Å². The van der Waals surface area contributed by atoms with Gasteiger partial charge in [-0.25, -0.2) is 0 Å². The van der Waals surface area contributed by atoms with Crippen molar-refractivity contribution in [2.24, 2.45) is 0 Å². The molecule has 0 radical (unpaired) electrons. The zero-order valence-electron chi connectivity index (χ0n) is 11.3. The quantitative estimate of drug-likeness (QED) is 0.603. The molecular weight excluding hydrogens is 234 g/mol. The normalized spacial score (nSPS) is 10.2. The third kappa shape index (κ3) is 3.21. The molecule has 19 heavy (non-hydrogen) atoms. The van der Waals surface area contributed by atoms with Crippen LogP contribution in [0.2, 0.25) is 0 Å². The van der Waals surface area contributed by atoms with Crippen molar-refractivity contribution in [3.05, 3.63) is 59.2 Å². The van der Waals surface area contributed by atoms with E-state index in [0.29, 0.717) is 13.2 Å². The maximum Gasteiger partial charge on any atom is 0.100 e. The van der Waals surface area contributed by atoms with Gasteiger partial charge in [0.1, 0.15) is 6.07 Å². The Labute approximate surface area is 113 Å². The third-order valence-electron chi connectivity index (χ3n) is 2.99. The fraction of sp³-hybridized carbons (Fsp3) is 0.235. The van der Waals surface area contributed by atoms with E-state index >= 15 is 0 Å². The van der Waals surface area contributed by atoms with Crippen molar-refractivity contribution in [1.82, 2.24) is 0 Å². The van der Waals surface area contributed by atoms with Gasteiger partial charge in [0.05, 0.1) is 18.8 Å². The van der Waals surface area contributed by atoms with Crippen molar-refractivity contribution in [2.75, 3.05) is 6.61 Å². The maximum atomic E-state index is 9.34. The zero-order valence-corrected chi connectivity index (χ0v) is 11.3. The smallest absolute Gasteiger partial charge is 0.100 e. The number of hydrogen-bond donors (Lipinski definition) is 0. The van der Waals surface area contributed by atoms with Gasteiger partial charge in [0.2, 0.25) is 0 Å². The van der Waals surface area contributed by atoms with E-state index in [9.17, 15) is 5.26 Å². The second-order valence-electron chi connectivity index (χ2n) is 4.73. The molecule has 0 aliphatic rings. The van der Waals surface area contributed by atoms with Gasteiger partial charge in [0.15, 0.2) is 0 Å². The second kappa shape index (κ2) is 6.17. The first kappa shape index (κ1) is 13.3. The summed E-state index contributed by atoms with van der Waals surface area (Å²) in [6.45, 7) is 5.14. The van der Waals surface area contributed by atoms with Crippen molar-refractivity contribution in [2.45, 2.75) is 20.5 Å². The SMILES string of the molecule is CC(C)=CCOCc1ccc2ccccc2c1C#N. The number of nitrogens with zero attached hydrogens (tertiary/aromatic N) is 1. The van der Waals surface area contributed by atoms with Crippen LogP contribution < -0.4 is 0 Å². The van der Waals surface area contributed by atoms with E-state index in [1.165, 1.54) is 5.57 Å². The fourth-order valence-electron chi connectivity index (χ4n) is 1.96. The van der Waals surface area contributed by atoms with Crippen LogP contribution in [-0.4, -0.2) is 6.61 Å². The first-order valence-electron chi connectivity index (χ1n) is 6.34. The molecule has 0 bridgehead atoms. The van der Waals surface area contributed by atoms with Crippen LogP contribution in [0.1, 0.15) is 25.0 Å². The zero-order chi connectivity index (χ0) is 13.7. The summed E-state index contributed by atoms with van der Waals surface area (Å²) in [5.74, 6) is 0. The van der Waals surface area contributed by atoms with Gasteiger partial charge >= 0.3 is 0 Å². The largest absolute Gasteiger partial charge is 0.373 e. The minimum Gasteiger partial charge on any atom is -0.373 e. The van der Waals surface area contributed by atoms with Crippen LogP contribution in [-0.2, 0) is 11.3 Å². The van der Waals surface area contributed by atoms with E-state index in [1.54, 1.807) is 0 Å². The molecule has 2 aromatic carbocycles. The summed E-state index contributed by atoms with van der Waals surface area (Å²) in [5.41, 5.74) is 2.90. The van der Waals surface area contributed by atoms with Gasteiger partial charge < -0.3 is 4.74 Å². The Kier molecular flexibility index (Phi) is 4.33. The standard InChI is InChI=1S/C17H17NO/c1-13(2)9-10-19-12-15-8-7-14-5-3-4-6-16(14)17(15)11-18/h3-9H,10,12H2,1-2H3. The van der Waals surface area contributed by atoms with Crippen LogP contribution in [0, 0.1) is 11.3 Å². The number of rotatable bonds is 4. The van der Waals surface area contributed by atoms with E-state index in [0.717, 1.165) is 21.9 Å². The molecule has 0 amide bonds. The number of ether oxygens (including phenoxy) is 1. The molecule has 0 aliphatic carbocycles. The molecule has 0 fully saturated rings. The average Bonchev–Trinajstić information content (AvgIpc) is 2.42. The monoisotopic (exact) mass is 251 g/mol. The van der Waals surface area contributed by atoms with Crippen molar-refractivity contribution in [1.29, 1.82) is 5.26 Å². The summed E-state index contributed by atoms with van der Waals surface area (Å²) >= 11 is 0. The molecule has 0 unspecified atom stereocenters. The summed E-state index contributed by atoms with van der Waals surface area (Å²) in [6.07, 6.45) is 2.03. The van der Waals surface area contributed by atoms with E-state index in [2.05, 4.69) is 6.07 Å². The molecular formula is C17H17NO. The topological polar surface area (TPSA) is 33.0 Å². The van der Waals surface area contributed by atoms with Crippen molar-refractivity contribution >= 4 is 10.8 Å². The lowest BCUT2D eigenvalue weighted by molar-refractivity contribution is 0.148. The lowest BCUT2D eigenvalue weighted by Gasteiger charge is -2.07. The van der Waals surface area contributed by atoms with Crippen LogP contribution >= 0.6 is 0 Å². The highest BCUT2D eigenvalue weighted by Gasteiger charge is 2.06. The van der Waals surface area contributed by atoms with Crippen molar-refractivity contribution in [3.63, 3.8) is 0 Å². The Balaban J connectivity index is 2.24. The Morgan fingerprint density at radius 1 is 1.21 bits per heavy atom. The Hall–Kier alpha value is -2.11. The molecule has 0 saturated carbocycles. The maximum absolute atomic E-state index is 9.34. The Morgan fingerprint density at radius 2 is 2.00 bits per heavy atom. The first-order chi connectivity index (χ1) is 9.22. The van der Waals surface area contributed by atoms with Gasteiger partial charge in [0, 0.05) is 0 Å². The first-order valence-corrected chi connectivity index (χ1v) is 6.34. The summed E-state index contributed by atoms with van der Waals surface area (Å²) < 4.78 is 5.59. The Bertz CT molecular complexity index is 646. The minimum absolute atomic E-state index is 0.470. The van der Waals surface area contributed by atoms with Crippen LogP contribution in [0.5, 0.6) is 0 Å². The minimum atomic E-state index is 0.470. The van der Waals surface area contributed by atoms with E-state index in [4.69, 9.17) is 4.74 Å². The summed E-state index contributed by atoms with van der Waals surface area (Å²) in [7, 11) is 0. The summed E-state index contributed by atoms with van der Waals surface area (Å²) in [5, 5.41) is 11.4. The molecule has 2 aromatic rings. The third-order valence-corrected chi connectivity index (χ3v) is 2.99. The van der Waals surface area contributed by atoms with Gasteiger partial charge in [-0.15, -0.1) is 0 Å². The number of allylic oxidation sites excluding steroid dienone is 1. The summed E-state index contributed by atoms with van der Waals surface area (Å²) in [4.78, 5) is 0. The fourth-order valence-corrected chi connectivity index (χ4v) is 1.96. The van der Waals surface area contributed by atoms with Gasteiger partial charge in [-0.3, -0.25) is 0 Å². The van der Waals surface area contributed by atoms with Crippen LogP contribution in [0.4, 0.5) is 0 Å². The number of hydrogen-bond acceptors (Lipinski definition) is 2. The molecule has 0 atom stereocenters. The predicted octanol–water partition coefficient (Wildman–Crippen LogP) is 4.19. The van der Waals surface area contributed by atoms with Crippen LogP contribution in [0.15, 0.2) is 48.0 Å². The van der Waals surface area contributed by atoms with Crippen molar-refractivity contribution in [3.8, 4) is 6.07 Å². The van der Waals surface area contributed by atoms with Gasteiger partial charge in [0.25, 0.3) is 0 Å². The molecule has 0 heterocycles. The van der Waals surface area contributed by atoms with E-state index in [-0.39, 0.29) is 0 Å². The molecule has 0 saturated heterocycles. The highest BCUT2D eigenvalue weighted by atomic mass is 16.5. The molecule has 2 rings (SSSR count). The second-order valence-corrected chi connectivity index (χ2v) is 4.73. The highest BCUT2D eigenvalue weighted by molar-refractivity contribution is 5.88. The van der Waals surface area contributed by atoms with Gasteiger partial charge in [-0.05, 0) is 30.2 Å². The molecule has 96 valence electrons. The molecule has 0 aliphatic heterocycles. The lowest BCUT2D eigenvalue weighted by Crippen LogP contribution is -1.97. The number of benzene rings is 2. The predicted molar refractivity (Wildman–Crippen MR) is 77.8 cm³/mol. The molecule has 2 nitrogen and oxygen atoms in total. The molecule has 0 aromatic heterocycles. The van der Waals surface area contributed by atoms with Crippen LogP contribution in [0.3, 0.4) is 0 Å². The Morgan fingerprint density at radius 3 is 2.74 bits per heavy atom. The lowest BCUT2D eigenvalue weighted by atomic mass is 10.0. The van der Waals surface area contributed by atoms with Gasteiger partial charge in [-0.2, -0.15) is 5.26 Å². The van der Waals surface area contributed by atoms with E-state index < -0.39 is 0 Å². The van der Waals surface area contributed by atoms with Crippen molar-refractivity contribution < 1.29 is 4.74 Å². The number of nitriles is 1. The average molecular weight is 251 g/mol. The molecule has 2 heteroatoms. The van der Waals surface area contributed by atoms with Crippen LogP contribution in [0.25, 0.3) is 10.8 Å². The molecule has 0 spiro atoms.